The highest BCUT2D eigenvalue weighted by Gasteiger charge is 2.33. The molecule has 0 bridgehead atoms. The molecule has 0 amide bonds. The fourth-order valence-corrected chi connectivity index (χ4v) is 2.97. The highest BCUT2D eigenvalue weighted by Crippen LogP contribution is 2.38. The lowest BCUT2D eigenvalue weighted by Crippen LogP contribution is -2.41. The van der Waals surface area contributed by atoms with E-state index in [2.05, 4.69) is 22.4 Å². The smallest absolute Gasteiger partial charge is 0.0587 e. The number of methoxy groups -OCH3 is 1. The van der Waals surface area contributed by atoms with Crippen molar-refractivity contribution in [3.05, 3.63) is 30.1 Å². The van der Waals surface area contributed by atoms with Crippen LogP contribution in [-0.2, 0) is 10.2 Å². The van der Waals surface area contributed by atoms with Crippen molar-refractivity contribution in [2.24, 2.45) is 0 Å². The number of hydrogen-bond donors (Lipinski definition) is 1. The first-order valence-corrected chi connectivity index (χ1v) is 6.98. The maximum Gasteiger partial charge on any atom is 0.0587 e. The van der Waals surface area contributed by atoms with Crippen LogP contribution in [-0.4, -0.2) is 31.8 Å². The predicted octanol–water partition coefficient (Wildman–Crippen LogP) is 2.52. The molecule has 1 fully saturated rings. The minimum absolute atomic E-state index is 0.292. The normalized spacial score (nSPS) is 18.7. The van der Waals surface area contributed by atoms with Crippen LogP contribution in [0.3, 0.4) is 0 Å². The van der Waals surface area contributed by atoms with Gasteiger partial charge < -0.3 is 10.1 Å². The molecule has 3 nitrogen and oxygen atoms in total. The largest absolute Gasteiger partial charge is 0.383 e. The van der Waals surface area contributed by atoms with E-state index < -0.39 is 0 Å². The van der Waals surface area contributed by atoms with Gasteiger partial charge in [0.15, 0.2) is 0 Å². The average Bonchev–Trinajstić information content (AvgIpc) is 2.46. The van der Waals surface area contributed by atoms with E-state index >= 15 is 0 Å². The molecule has 1 aliphatic carbocycles. The lowest BCUT2D eigenvalue weighted by Gasteiger charge is -2.38. The van der Waals surface area contributed by atoms with Gasteiger partial charge in [-0.1, -0.05) is 25.3 Å². The van der Waals surface area contributed by atoms with Crippen molar-refractivity contribution in [3.63, 3.8) is 0 Å². The number of ether oxygens (including phenoxy) is 1. The van der Waals surface area contributed by atoms with Crippen LogP contribution in [0.1, 0.15) is 37.7 Å². The first-order valence-electron chi connectivity index (χ1n) is 6.98. The van der Waals surface area contributed by atoms with E-state index in [1.807, 2.05) is 12.4 Å². The molecular formula is C15H24N2O. The van der Waals surface area contributed by atoms with Gasteiger partial charge in [-0.2, -0.15) is 0 Å². The van der Waals surface area contributed by atoms with E-state index in [1.165, 1.54) is 37.7 Å². The van der Waals surface area contributed by atoms with Crippen molar-refractivity contribution in [2.75, 3.05) is 26.8 Å². The van der Waals surface area contributed by atoms with Gasteiger partial charge in [0.05, 0.1) is 6.61 Å². The van der Waals surface area contributed by atoms with Crippen molar-refractivity contribution in [3.8, 4) is 0 Å². The highest BCUT2D eigenvalue weighted by molar-refractivity contribution is 5.23. The number of pyridine rings is 1. The lowest BCUT2D eigenvalue weighted by molar-refractivity contribution is 0.192. The summed E-state index contributed by atoms with van der Waals surface area (Å²) in [4.78, 5) is 4.30. The summed E-state index contributed by atoms with van der Waals surface area (Å²) in [6, 6.07) is 4.29. The Morgan fingerprint density at radius 2 is 2.17 bits per heavy atom. The van der Waals surface area contributed by atoms with E-state index in [9.17, 15) is 0 Å². The van der Waals surface area contributed by atoms with E-state index in [1.54, 1.807) is 7.11 Å². The van der Waals surface area contributed by atoms with Gasteiger partial charge in [0.2, 0.25) is 0 Å². The molecule has 0 aromatic carbocycles. The molecule has 1 saturated carbocycles. The summed E-state index contributed by atoms with van der Waals surface area (Å²) in [7, 11) is 1.75. The Morgan fingerprint density at radius 3 is 2.83 bits per heavy atom. The maximum atomic E-state index is 5.10. The van der Waals surface area contributed by atoms with Crippen LogP contribution < -0.4 is 5.32 Å². The minimum atomic E-state index is 0.292. The van der Waals surface area contributed by atoms with Crippen LogP contribution in [0.15, 0.2) is 24.5 Å². The highest BCUT2D eigenvalue weighted by atomic mass is 16.5. The zero-order valence-electron chi connectivity index (χ0n) is 11.3. The quantitative estimate of drug-likeness (QED) is 0.786. The molecule has 0 saturated heterocycles. The molecule has 1 aromatic heterocycles. The maximum absolute atomic E-state index is 5.10. The summed E-state index contributed by atoms with van der Waals surface area (Å²) in [5.41, 5.74) is 1.69. The molecule has 0 atom stereocenters. The van der Waals surface area contributed by atoms with Gasteiger partial charge in [-0.15, -0.1) is 0 Å². The summed E-state index contributed by atoms with van der Waals surface area (Å²) in [5.74, 6) is 0. The Bertz CT molecular complexity index is 334. The Balaban J connectivity index is 2.03. The van der Waals surface area contributed by atoms with E-state index in [0.717, 1.165) is 19.7 Å². The molecular weight excluding hydrogens is 224 g/mol. The van der Waals surface area contributed by atoms with Crippen molar-refractivity contribution >= 4 is 0 Å². The fourth-order valence-electron chi connectivity index (χ4n) is 2.97. The number of hydrogen-bond acceptors (Lipinski definition) is 3. The molecule has 0 unspecified atom stereocenters. The molecule has 0 aliphatic heterocycles. The van der Waals surface area contributed by atoms with Crippen LogP contribution >= 0.6 is 0 Å². The van der Waals surface area contributed by atoms with Gasteiger partial charge in [0.1, 0.15) is 0 Å². The van der Waals surface area contributed by atoms with Gasteiger partial charge in [-0.25, -0.2) is 0 Å². The van der Waals surface area contributed by atoms with Crippen LogP contribution in [0.5, 0.6) is 0 Å². The summed E-state index contributed by atoms with van der Waals surface area (Å²) in [6.45, 7) is 2.75. The predicted molar refractivity (Wildman–Crippen MR) is 73.7 cm³/mol. The van der Waals surface area contributed by atoms with E-state index in [4.69, 9.17) is 4.74 Å². The van der Waals surface area contributed by atoms with Gasteiger partial charge in [0.25, 0.3) is 0 Å². The molecule has 1 aliphatic rings. The molecule has 1 heterocycles. The number of nitrogens with one attached hydrogen (secondary N) is 1. The second-order valence-corrected chi connectivity index (χ2v) is 5.25. The monoisotopic (exact) mass is 248 g/mol. The zero-order chi connectivity index (χ0) is 12.7. The average molecular weight is 248 g/mol. The minimum Gasteiger partial charge on any atom is -0.383 e. The third-order valence-corrected chi connectivity index (χ3v) is 4.03. The number of aromatic nitrogens is 1. The summed E-state index contributed by atoms with van der Waals surface area (Å²) in [6.07, 6.45) is 10.5. The van der Waals surface area contributed by atoms with E-state index in [-0.39, 0.29) is 0 Å². The SMILES string of the molecule is COCCNCC1(c2cccnc2)CCCCC1. The molecule has 3 heteroatoms. The third-order valence-electron chi connectivity index (χ3n) is 4.03. The standard InChI is InChI=1S/C15H24N2O/c1-18-11-10-17-13-15(7-3-2-4-8-15)14-6-5-9-16-12-14/h5-6,9,12,17H,2-4,7-8,10-11,13H2,1H3. The van der Waals surface area contributed by atoms with Gasteiger partial charge in [-0.3, -0.25) is 4.98 Å². The molecule has 2 rings (SSSR count). The first kappa shape index (κ1) is 13.5. The van der Waals surface area contributed by atoms with Gasteiger partial charge in [-0.05, 0) is 24.5 Å². The Hall–Kier alpha value is -0.930. The number of nitrogens with zero attached hydrogens (tertiary/aromatic N) is 1. The van der Waals surface area contributed by atoms with Crippen molar-refractivity contribution in [2.45, 2.75) is 37.5 Å². The van der Waals surface area contributed by atoms with Crippen molar-refractivity contribution < 1.29 is 4.74 Å². The molecule has 18 heavy (non-hydrogen) atoms. The van der Waals surface area contributed by atoms with Crippen LogP contribution in [0, 0.1) is 0 Å². The number of rotatable bonds is 6. The molecule has 0 radical (unpaired) electrons. The lowest BCUT2D eigenvalue weighted by atomic mass is 9.70. The second-order valence-electron chi connectivity index (χ2n) is 5.25. The summed E-state index contributed by atoms with van der Waals surface area (Å²) < 4.78 is 5.10. The van der Waals surface area contributed by atoms with Gasteiger partial charge >= 0.3 is 0 Å². The van der Waals surface area contributed by atoms with Crippen molar-refractivity contribution in [1.29, 1.82) is 0 Å². The van der Waals surface area contributed by atoms with Crippen molar-refractivity contribution in [1.82, 2.24) is 10.3 Å². The summed E-state index contributed by atoms with van der Waals surface area (Å²) >= 11 is 0. The van der Waals surface area contributed by atoms with Crippen LogP contribution in [0.2, 0.25) is 0 Å². The third kappa shape index (κ3) is 3.30. The Morgan fingerprint density at radius 1 is 1.33 bits per heavy atom. The van der Waals surface area contributed by atoms with Crippen LogP contribution in [0.4, 0.5) is 0 Å². The molecule has 1 aromatic rings. The molecule has 100 valence electrons. The Labute approximate surface area is 110 Å². The van der Waals surface area contributed by atoms with E-state index in [0.29, 0.717) is 5.41 Å². The zero-order valence-corrected chi connectivity index (χ0v) is 11.3. The molecule has 1 N–H and O–H groups in total. The Kier molecular flexibility index (Phi) is 5.14. The first-order chi connectivity index (χ1) is 8.87. The van der Waals surface area contributed by atoms with Gasteiger partial charge in [0, 0.05) is 38.0 Å². The summed E-state index contributed by atoms with van der Waals surface area (Å²) in [5, 5.41) is 3.54. The van der Waals surface area contributed by atoms with Crippen LogP contribution in [0.25, 0.3) is 0 Å². The second kappa shape index (κ2) is 6.86. The fraction of sp³-hybridized carbons (Fsp3) is 0.667. The molecule has 0 spiro atoms. The topological polar surface area (TPSA) is 34.1 Å².